The van der Waals surface area contributed by atoms with Gasteiger partial charge in [0.2, 0.25) is 0 Å². The van der Waals surface area contributed by atoms with Gasteiger partial charge in [-0.25, -0.2) is 0 Å². The van der Waals surface area contributed by atoms with Crippen molar-refractivity contribution < 1.29 is 43.7 Å². The molecule has 9 heteroatoms. The molecule has 0 saturated heterocycles. The van der Waals surface area contributed by atoms with Gasteiger partial charge in [-0.3, -0.25) is 0 Å². The lowest BCUT2D eigenvalue weighted by molar-refractivity contribution is 0.174. The van der Waals surface area contributed by atoms with E-state index in [4.69, 9.17) is 28.4 Å². The Balaban J connectivity index is 2.92. The molecule has 0 saturated carbocycles. The highest BCUT2D eigenvalue weighted by atomic mass is 16.5. The van der Waals surface area contributed by atoms with Gasteiger partial charge in [0.25, 0.3) is 0 Å². The summed E-state index contributed by atoms with van der Waals surface area (Å²) in [6.07, 6.45) is 2.39. The number of aliphatic hydroxyl groups is 1. The summed E-state index contributed by atoms with van der Waals surface area (Å²) >= 11 is 0. The molecule has 0 radical (unpaired) electrons. The predicted octanol–water partition coefficient (Wildman–Crippen LogP) is 5.43. The van der Waals surface area contributed by atoms with E-state index in [2.05, 4.69) is 6.92 Å². The number of benzene rings is 2. The van der Waals surface area contributed by atoms with Crippen molar-refractivity contribution in [1.82, 2.24) is 0 Å². The van der Waals surface area contributed by atoms with Gasteiger partial charge < -0.3 is 43.7 Å². The van der Waals surface area contributed by atoms with Crippen molar-refractivity contribution >= 4 is 0 Å². The summed E-state index contributed by atoms with van der Waals surface area (Å²) in [5, 5.41) is 32.9. The van der Waals surface area contributed by atoms with Gasteiger partial charge in [-0.2, -0.15) is 0 Å². The zero-order valence-corrected chi connectivity index (χ0v) is 25.6. The zero-order valence-electron chi connectivity index (χ0n) is 25.6. The van der Waals surface area contributed by atoms with E-state index in [0.29, 0.717) is 39.8 Å². The maximum atomic E-state index is 11.0. The molecule has 0 heterocycles. The number of phenols is 2. The SMILES string of the molecule is COCC(=C/CC(C)(c1cc(COC)c(O)c(COC)c1)c1cc(COC)c(O)c(COC)c1)/C(O)=C(\C)COC. The van der Waals surface area contributed by atoms with E-state index in [9.17, 15) is 15.3 Å². The molecular weight excluding hydrogens is 528 g/mol. The van der Waals surface area contributed by atoms with Crippen LogP contribution in [0.25, 0.3) is 0 Å². The van der Waals surface area contributed by atoms with Crippen molar-refractivity contribution in [2.45, 2.75) is 52.1 Å². The summed E-state index contributed by atoms with van der Waals surface area (Å²) in [6.45, 7) is 5.18. The summed E-state index contributed by atoms with van der Waals surface area (Å²) in [5.74, 6) is 0.363. The van der Waals surface area contributed by atoms with E-state index in [1.807, 2.05) is 37.3 Å². The summed E-state index contributed by atoms with van der Waals surface area (Å²) in [4.78, 5) is 0. The molecule has 0 aliphatic carbocycles. The van der Waals surface area contributed by atoms with Crippen molar-refractivity contribution in [3.8, 4) is 11.5 Å². The van der Waals surface area contributed by atoms with Gasteiger partial charge in [0.1, 0.15) is 17.3 Å². The molecule has 2 rings (SSSR count). The molecule has 0 aliphatic heterocycles. The second kappa shape index (κ2) is 16.5. The van der Waals surface area contributed by atoms with Crippen LogP contribution >= 0.6 is 0 Å². The second-order valence-electron chi connectivity index (χ2n) is 10.3. The molecule has 9 nitrogen and oxygen atoms in total. The highest BCUT2D eigenvalue weighted by Gasteiger charge is 2.32. The maximum absolute atomic E-state index is 11.0. The summed E-state index contributed by atoms with van der Waals surface area (Å²) in [7, 11) is 9.46. The fourth-order valence-electron chi connectivity index (χ4n) is 4.89. The van der Waals surface area contributed by atoms with Crippen LogP contribution in [0.15, 0.2) is 47.2 Å². The number of ether oxygens (including phenoxy) is 6. The standard InChI is InChI=1S/C32H46O9/c1-21(15-36-3)29(33)22(16-37-4)9-10-32(2,27-11-23(17-38-5)30(34)24(12-27)18-39-6)28-13-25(19-40-7)31(35)26(14-28)20-41-8/h9,11-14,33-35H,10,15-20H2,1-8H3/b22-9-,29-21-. The number of aromatic hydroxyl groups is 2. The lowest BCUT2D eigenvalue weighted by Crippen LogP contribution is -2.25. The molecule has 0 atom stereocenters. The Morgan fingerprint density at radius 3 is 1.34 bits per heavy atom. The van der Waals surface area contributed by atoms with Crippen LogP contribution in [-0.2, 0) is 60.3 Å². The van der Waals surface area contributed by atoms with Crippen LogP contribution in [-0.4, -0.2) is 71.2 Å². The van der Waals surface area contributed by atoms with Gasteiger partial charge in [0, 0.05) is 75.9 Å². The van der Waals surface area contributed by atoms with Gasteiger partial charge in [-0.1, -0.05) is 13.0 Å². The minimum atomic E-state index is -0.716. The van der Waals surface area contributed by atoms with Crippen LogP contribution in [0.3, 0.4) is 0 Å². The molecule has 0 spiro atoms. The quantitative estimate of drug-likeness (QED) is 0.168. The number of allylic oxidation sites excluding steroid dienone is 1. The smallest absolute Gasteiger partial charge is 0.126 e. The number of hydrogen-bond donors (Lipinski definition) is 3. The maximum Gasteiger partial charge on any atom is 0.126 e. The first-order chi connectivity index (χ1) is 19.6. The summed E-state index contributed by atoms with van der Waals surface area (Å²) in [5.41, 5.74) is 4.84. The highest BCUT2D eigenvalue weighted by Crippen LogP contribution is 2.42. The summed E-state index contributed by atoms with van der Waals surface area (Å²) in [6, 6.07) is 7.69. The molecule has 0 aliphatic rings. The van der Waals surface area contributed by atoms with Gasteiger partial charge in [-0.15, -0.1) is 0 Å². The number of methoxy groups -OCH3 is 6. The Kier molecular flexibility index (Phi) is 13.8. The predicted molar refractivity (Wildman–Crippen MR) is 157 cm³/mol. The van der Waals surface area contributed by atoms with E-state index in [-0.39, 0.29) is 56.9 Å². The van der Waals surface area contributed by atoms with Crippen LogP contribution in [0.1, 0.15) is 53.6 Å². The van der Waals surface area contributed by atoms with Crippen molar-refractivity contribution in [2.75, 3.05) is 55.9 Å². The van der Waals surface area contributed by atoms with E-state index in [0.717, 1.165) is 11.1 Å². The number of rotatable bonds is 17. The molecule has 228 valence electrons. The van der Waals surface area contributed by atoms with Crippen LogP contribution in [0, 0.1) is 0 Å². The van der Waals surface area contributed by atoms with E-state index in [1.165, 1.54) is 0 Å². The Hall–Kier alpha value is -2.92. The van der Waals surface area contributed by atoms with Crippen molar-refractivity contribution in [1.29, 1.82) is 0 Å². The fraction of sp³-hybridized carbons (Fsp3) is 0.500. The van der Waals surface area contributed by atoms with Crippen molar-refractivity contribution in [3.63, 3.8) is 0 Å². The Morgan fingerprint density at radius 1 is 0.659 bits per heavy atom. The first-order valence-electron chi connectivity index (χ1n) is 13.3. The molecule has 41 heavy (non-hydrogen) atoms. The monoisotopic (exact) mass is 574 g/mol. The normalized spacial score (nSPS) is 13.0. The van der Waals surface area contributed by atoms with Crippen LogP contribution < -0.4 is 0 Å². The minimum Gasteiger partial charge on any atom is -0.508 e. The minimum absolute atomic E-state index is 0.118. The zero-order chi connectivity index (χ0) is 30.6. The first-order valence-corrected chi connectivity index (χ1v) is 13.3. The molecule has 0 unspecified atom stereocenters. The molecule has 0 bridgehead atoms. The summed E-state index contributed by atoms with van der Waals surface area (Å²) < 4.78 is 32.2. The van der Waals surface area contributed by atoms with E-state index in [1.54, 1.807) is 42.7 Å². The number of hydrogen-bond acceptors (Lipinski definition) is 9. The number of phenolic OH excluding ortho intramolecular Hbond substituents is 2. The average molecular weight is 575 g/mol. The van der Waals surface area contributed by atoms with E-state index >= 15 is 0 Å². The molecule has 0 amide bonds. The van der Waals surface area contributed by atoms with Crippen LogP contribution in [0.2, 0.25) is 0 Å². The Labute approximate surface area is 243 Å². The van der Waals surface area contributed by atoms with Gasteiger partial charge >= 0.3 is 0 Å². The fourth-order valence-corrected chi connectivity index (χ4v) is 4.89. The lowest BCUT2D eigenvalue weighted by atomic mass is 9.71. The van der Waals surface area contributed by atoms with Crippen molar-refractivity contribution in [2.24, 2.45) is 0 Å². The molecular formula is C32H46O9. The molecule has 0 aromatic heterocycles. The highest BCUT2D eigenvalue weighted by molar-refractivity contribution is 5.53. The third-order valence-corrected chi connectivity index (χ3v) is 7.14. The first kappa shape index (κ1) is 34.3. The largest absolute Gasteiger partial charge is 0.508 e. The lowest BCUT2D eigenvalue weighted by Gasteiger charge is -2.33. The van der Waals surface area contributed by atoms with E-state index < -0.39 is 5.41 Å². The van der Waals surface area contributed by atoms with Crippen molar-refractivity contribution in [3.05, 3.63) is 80.6 Å². The van der Waals surface area contributed by atoms with Crippen LogP contribution in [0.4, 0.5) is 0 Å². The average Bonchev–Trinajstić information content (AvgIpc) is 2.95. The van der Waals surface area contributed by atoms with Gasteiger partial charge in [0.15, 0.2) is 0 Å². The van der Waals surface area contributed by atoms with Gasteiger partial charge in [0.05, 0.1) is 39.6 Å². The third kappa shape index (κ3) is 8.54. The Morgan fingerprint density at radius 2 is 1.02 bits per heavy atom. The van der Waals surface area contributed by atoms with Gasteiger partial charge in [-0.05, 0) is 54.3 Å². The Bertz CT molecular complexity index is 1080. The number of aliphatic hydroxyl groups excluding tert-OH is 1. The topological polar surface area (TPSA) is 116 Å². The molecule has 0 fully saturated rings. The second-order valence-corrected chi connectivity index (χ2v) is 10.3. The molecule has 3 N–H and O–H groups in total. The molecule has 2 aromatic rings. The van der Waals surface area contributed by atoms with Crippen LogP contribution in [0.5, 0.6) is 11.5 Å². The third-order valence-electron chi connectivity index (χ3n) is 7.14. The molecule has 2 aromatic carbocycles.